The molecule has 2 N–H and O–H groups in total. The number of hydrogen-bond acceptors (Lipinski definition) is 8. The van der Waals surface area contributed by atoms with Crippen molar-refractivity contribution in [1.82, 2.24) is 50.0 Å². The molecule has 0 saturated carbocycles. The predicted octanol–water partition coefficient (Wildman–Crippen LogP) is 2.45. The molecule has 6 aromatic rings. The highest BCUT2D eigenvalue weighted by Crippen LogP contribution is 2.47. The van der Waals surface area contributed by atoms with Gasteiger partial charge in [0.1, 0.15) is 11.4 Å². The van der Waals surface area contributed by atoms with Crippen molar-refractivity contribution in [3.05, 3.63) is 23.5 Å². The molecule has 26 heavy (non-hydrogen) atoms. The second kappa shape index (κ2) is 4.74. The number of rotatable bonds is 2. The Morgan fingerprint density at radius 3 is 1.73 bits per heavy atom. The average Bonchev–Trinajstić information content (AvgIpc) is 3.36. The van der Waals surface area contributed by atoms with Gasteiger partial charge in [-0.15, -0.1) is 22.7 Å². The van der Waals surface area contributed by atoms with Crippen LogP contribution >= 0.6 is 22.7 Å². The zero-order chi connectivity index (χ0) is 17.4. The van der Waals surface area contributed by atoms with Crippen molar-refractivity contribution in [3.63, 3.8) is 0 Å². The number of imidazole rings is 2. The van der Waals surface area contributed by atoms with E-state index in [4.69, 9.17) is 0 Å². The van der Waals surface area contributed by atoms with Gasteiger partial charge in [0.25, 0.3) is 11.6 Å². The van der Waals surface area contributed by atoms with Gasteiger partial charge in [0.05, 0.1) is 26.2 Å². The van der Waals surface area contributed by atoms with Gasteiger partial charge in [-0.05, 0) is 35.4 Å². The lowest BCUT2D eigenvalue weighted by Gasteiger charge is -1.97. The van der Waals surface area contributed by atoms with E-state index in [1.807, 2.05) is 12.4 Å². The number of hydrogen-bond donors (Lipinski definition) is 2. The molecule has 0 amide bonds. The Morgan fingerprint density at radius 1 is 0.808 bits per heavy atom. The van der Waals surface area contributed by atoms with E-state index in [0.717, 1.165) is 21.1 Å². The van der Waals surface area contributed by atoms with Crippen molar-refractivity contribution in [2.24, 2.45) is 0 Å². The highest BCUT2D eigenvalue weighted by Gasteiger charge is 2.21. The van der Waals surface area contributed by atoms with Crippen LogP contribution in [0.4, 0.5) is 0 Å². The number of aromatic nitrogens is 10. The van der Waals surface area contributed by atoms with Crippen LogP contribution in [0.1, 0.15) is 11.1 Å². The van der Waals surface area contributed by atoms with Crippen LogP contribution in [0.5, 0.6) is 0 Å². The lowest BCUT2D eigenvalue weighted by Crippen LogP contribution is -1.82. The summed E-state index contributed by atoms with van der Waals surface area (Å²) in [5, 5.41) is 22.2. The monoisotopic (exact) mass is 382 g/mol. The summed E-state index contributed by atoms with van der Waals surface area (Å²) in [6.07, 6.45) is 3.84. The van der Waals surface area contributed by atoms with E-state index in [9.17, 15) is 0 Å². The molecule has 12 heteroatoms. The first-order valence-electron chi connectivity index (χ1n) is 7.74. The zero-order valence-electron chi connectivity index (χ0n) is 13.5. The first-order valence-corrected chi connectivity index (χ1v) is 9.38. The number of aryl methyl sites for hydroxylation is 2. The van der Waals surface area contributed by atoms with E-state index in [2.05, 4.69) is 54.9 Å². The fourth-order valence-corrected chi connectivity index (χ4v) is 6.01. The van der Waals surface area contributed by atoms with E-state index in [1.54, 1.807) is 31.7 Å². The van der Waals surface area contributed by atoms with Crippen LogP contribution in [0.15, 0.2) is 12.4 Å². The number of aromatic amines is 2. The maximum absolute atomic E-state index is 4.55. The van der Waals surface area contributed by atoms with Crippen LogP contribution in [0.2, 0.25) is 0 Å². The van der Waals surface area contributed by atoms with Crippen LogP contribution in [-0.4, -0.2) is 50.0 Å². The Hall–Kier alpha value is -3.12. The molecule has 6 aromatic heterocycles. The molecule has 0 aliphatic carbocycles. The van der Waals surface area contributed by atoms with Gasteiger partial charge in [-0.1, -0.05) is 10.2 Å². The van der Waals surface area contributed by atoms with Crippen molar-refractivity contribution in [1.29, 1.82) is 0 Å². The summed E-state index contributed by atoms with van der Waals surface area (Å²) >= 11 is 3.49. The third kappa shape index (κ3) is 1.74. The Bertz CT molecular complexity index is 1260. The lowest BCUT2D eigenvalue weighted by molar-refractivity contribution is 0.826. The standard InChI is InChI=1S/C14H10N10S2/c1-5-9-6(2)11(8-4-24-14(16-8)18-20-22-24)26-12(9)25-10(5)7-3-23-13(15-7)17-19-21-23/h3-4H,1-2H3,(H,15,17,21)(H,16,18,22). The van der Waals surface area contributed by atoms with Crippen LogP contribution in [-0.2, 0) is 0 Å². The number of H-pyrrole nitrogens is 2. The minimum absolute atomic E-state index is 0.572. The normalized spacial score (nSPS) is 12.2. The fourth-order valence-electron chi connectivity index (χ4n) is 3.24. The largest absolute Gasteiger partial charge is 0.272 e. The maximum atomic E-state index is 4.55. The van der Waals surface area contributed by atoms with Gasteiger partial charge in [-0.25, -0.2) is 19.0 Å². The number of nitrogens with zero attached hydrogens (tertiary/aromatic N) is 8. The summed E-state index contributed by atoms with van der Waals surface area (Å²) in [5.41, 5.74) is 4.26. The predicted molar refractivity (Wildman–Crippen MR) is 97.4 cm³/mol. The quantitative estimate of drug-likeness (QED) is 0.475. The molecule has 0 bridgehead atoms. The molecule has 0 saturated heterocycles. The molecule has 10 nitrogen and oxygen atoms in total. The van der Waals surface area contributed by atoms with Crippen molar-refractivity contribution in [3.8, 4) is 21.1 Å². The fraction of sp³-hybridized carbons (Fsp3) is 0.143. The van der Waals surface area contributed by atoms with E-state index in [-0.39, 0.29) is 0 Å². The Morgan fingerprint density at radius 2 is 1.31 bits per heavy atom. The van der Waals surface area contributed by atoms with Gasteiger partial charge < -0.3 is 0 Å². The van der Waals surface area contributed by atoms with E-state index < -0.39 is 0 Å². The van der Waals surface area contributed by atoms with Gasteiger partial charge in [0, 0.05) is 5.39 Å². The molecule has 0 aliphatic rings. The number of thiophene rings is 2. The van der Waals surface area contributed by atoms with Crippen LogP contribution < -0.4 is 0 Å². The molecule has 0 fully saturated rings. The third-order valence-electron chi connectivity index (χ3n) is 4.45. The molecule has 0 unspecified atom stereocenters. The van der Waals surface area contributed by atoms with Crippen LogP contribution in [0, 0.1) is 13.8 Å². The van der Waals surface area contributed by atoms with Crippen molar-refractivity contribution >= 4 is 43.6 Å². The summed E-state index contributed by atoms with van der Waals surface area (Å²) in [4.78, 5) is 11.4. The van der Waals surface area contributed by atoms with Gasteiger partial charge in [-0.3, -0.25) is 0 Å². The minimum Gasteiger partial charge on any atom is -0.208 e. The highest BCUT2D eigenvalue weighted by atomic mass is 32.2. The summed E-state index contributed by atoms with van der Waals surface area (Å²) in [5.74, 6) is 1.14. The van der Waals surface area contributed by atoms with Crippen LogP contribution in [0.25, 0.3) is 42.1 Å². The summed E-state index contributed by atoms with van der Waals surface area (Å²) in [6, 6.07) is 0. The molecule has 6 heterocycles. The van der Waals surface area contributed by atoms with Crippen LogP contribution in [0.3, 0.4) is 0 Å². The number of nitrogens with one attached hydrogen (secondary N) is 2. The summed E-state index contributed by atoms with van der Waals surface area (Å²) in [7, 11) is 0. The maximum Gasteiger partial charge on any atom is 0.272 e. The smallest absolute Gasteiger partial charge is 0.208 e. The van der Waals surface area contributed by atoms with E-state index >= 15 is 0 Å². The first-order chi connectivity index (χ1) is 12.7. The van der Waals surface area contributed by atoms with Gasteiger partial charge in [0.2, 0.25) is 0 Å². The van der Waals surface area contributed by atoms with E-state index in [1.165, 1.54) is 20.5 Å². The molecule has 0 radical (unpaired) electrons. The van der Waals surface area contributed by atoms with Gasteiger partial charge in [-0.2, -0.15) is 10.4 Å². The van der Waals surface area contributed by atoms with Gasteiger partial charge in [0.15, 0.2) is 0 Å². The molecule has 0 aromatic carbocycles. The number of fused-ring (bicyclic) bond motifs is 3. The molecular weight excluding hydrogens is 372 g/mol. The van der Waals surface area contributed by atoms with Crippen molar-refractivity contribution in [2.45, 2.75) is 13.8 Å². The second-order valence-electron chi connectivity index (χ2n) is 5.97. The average molecular weight is 382 g/mol. The third-order valence-corrected chi connectivity index (χ3v) is 7.17. The Labute approximate surface area is 152 Å². The molecule has 0 spiro atoms. The Kier molecular flexibility index (Phi) is 2.57. The molecule has 6 rings (SSSR count). The zero-order valence-corrected chi connectivity index (χ0v) is 15.2. The summed E-state index contributed by atoms with van der Waals surface area (Å²) < 4.78 is 4.69. The summed E-state index contributed by atoms with van der Waals surface area (Å²) in [6.45, 7) is 4.28. The van der Waals surface area contributed by atoms with Crippen molar-refractivity contribution < 1.29 is 0 Å². The SMILES string of the molecule is Cc1c(-c2cn3[nH]nnc3n2)sc2sc(-c3cn4[nH]nnc4n3)c(C)c12. The highest BCUT2D eigenvalue weighted by molar-refractivity contribution is 7.41. The molecule has 0 atom stereocenters. The van der Waals surface area contributed by atoms with E-state index in [0.29, 0.717) is 11.6 Å². The molecule has 128 valence electrons. The molecular formula is C14H10N10S2. The van der Waals surface area contributed by atoms with Crippen molar-refractivity contribution in [2.75, 3.05) is 0 Å². The minimum atomic E-state index is 0.572. The first kappa shape index (κ1) is 14.1. The Balaban J connectivity index is 1.54. The second-order valence-corrected chi connectivity index (χ2v) is 8.27. The lowest BCUT2D eigenvalue weighted by atomic mass is 10.1. The van der Waals surface area contributed by atoms with Gasteiger partial charge >= 0.3 is 0 Å². The molecule has 0 aliphatic heterocycles. The topological polar surface area (TPSA) is 118 Å². The number of tetrazole rings is 2.